The molecule has 2 nitrogen and oxygen atoms in total. The molecule has 3 rings (SSSR count). The van der Waals surface area contributed by atoms with Crippen molar-refractivity contribution in [3.05, 3.63) is 44.6 Å². The maximum atomic E-state index is 3.59. The average Bonchev–Trinajstić information content (AvgIpc) is 3.08. The fraction of sp³-hybridized carbons (Fsp3) is 0.375. The van der Waals surface area contributed by atoms with E-state index >= 15 is 0 Å². The van der Waals surface area contributed by atoms with Gasteiger partial charge in [-0.2, -0.15) is 0 Å². The molecule has 2 heterocycles. The zero-order chi connectivity index (χ0) is 13.9. The third-order valence-corrected chi connectivity index (χ3v) is 5.85. The summed E-state index contributed by atoms with van der Waals surface area (Å²) in [5.74, 6) is 0. The van der Waals surface area contributed by atoms with E-state index in [1.807, 2.05) is 11.3 Å². The molecule has 0 bridgehead atoms. The Morgan fingerprint density at radius 1 is 1.25 bits per heavy atom. The van der Waals surface area contributed by atoms with E-state index in [9.17, 15) is 0 Å². The van der Waals surface area contributed by atoms with Gasteiger partial charge in [0.2, 0.25) is 0 Å². The van der Waals surface area contributed by atoms with Gasteiger partial charge in [-0.3, -0.25) is 0 Å². The van der Waals surface area contributed by atoms with Gasteiger partial charge in [-0.15, -0.1) is 11.3 Å². The van der Waals surface area contributed by atoms with Crippen LogP contribution in [0.15, 0.2) is 34.8 Å². The molecule has 2 aromatic rings. The second-order valence-corrected chi connectivity index (χ2v) is 7.38. The van der Waals surface area contributed by atoms with Crippen LogP contribution in [-0.2, 0) is 6.54 Å². The van der Waals surface area contributed by atoms with Crippen molar-refractivity contribution in [1.82, 2.24) is 0 Å². The molecule has 0 aliphatic carbocycles. The molecule has 0 unspecified atom stereocenters. The number of aryl methyl sites for hydroxylation is 1. The standard InChI is InChI=1S/C16H19BrN2S/c1-12-14(17)10-13(20-12)11-18-15-6-2-3-7-16(15)19-8-4-5-9-19/h2-3,6-7,10,18H,4-5,8-9,11H2,1H3. The monoisotopic (exact) mass is 350 g/mol. The van der Waals surface area contributed by atoms with Gasteiger partial charge < -0.3 is 10.2 Å². The molecule has 4 heteroatoms. The summed E-state index contributed by atoms with van der Waals surface area (Å²) in [5, 5.41) is 3.59. The number of nitrogens with one attached hydrogen (secondary N) is 1. The van der Waals surface area contributed by atoms with Crippen LogP contribution < -0.4 is 10.2 Å². The van der Waals surface area contributed by atoms with Gasteiger partial charge in [0.05, 0.1) is 11.4 Å². The summed E-state index contributed by atoms with van der Waals surface area (Å²) in [5.41, 5.74) is 2.59. The van der Waals surface area contributed by atoms with Crippen molar-refractivity contribution in [3.8, 4) is 0 Å². The first-order chi connectivity index (χ1) is 9.74. The second kappa shape index (κ2) is 6.19. The Labute approximate surface area is 132 Å². The van der Waals surface area contributed by atoms with Crippen LogP contribution in [0.25, 0.3) is 0 Å². The summed E-state index contributed by atoms with van der Waals surface area (Å²) in [6.45, 7) is 5.41. The van der Waals surface area contributed by atoms with Gasteiger partial charge >= 0.3 is 0 Å². The van der Waals surface area contributed by atoms with E-state index in [0.717, 1.165) is 6.54 Å². The van der Waals surface area contributed by atoms with E-state index < -0.39 is 0 Å². The normalized spacial score (nSPS) is 14.8. The molecule has 0 saturated carbocycles. The first-order valence-corrected chi connectivity index (χ1v) is 8.67. The Hall–Kier alpha value is -1.00. The van der Waals surface area contributed by atoms with Crippen LogP contribution in [0.3, 0.4) is 0 Å². The lowest BCUT2D eigenvalue weighted by Gasteiger charge is -2.21. The lowest BCUT2D eigenvalue weighted by molar-refractivity contribution is 0.949. The predicted molar refractivity (Wildman–Crippen MR) is 92.0 cm³/mol. The Morgan fingerprint density at radius 3 is 2.70 bits per heavy atom. The molecule has 1 aliphatic heterocycles. The van der Waals surface area contributed by atoms with Gasteiger partial charge in [0.15, 0.2) is 0 Å². The summed E-state index contributed by atoms with van der Waals surface area (Å²) in [4.78, 5) is 5.19. The van der Waals surface area contributed by atoms with E-state index in [2.05, 4.69) is 63.4 Å². The molecule has 1 fully saturated rings. The van der Waals surface area contributed by atoms with Crippen molar-refractivity contribution in [3.63, 3.8) is 0 Å². The number of halogens is 1. The minimum Gasteiger partial charge on any atom is -0.378 e. The Balaban J connectivity index is 1.73. The van der Waals surface area contributed by atoms with Crippen LogP contribution in [0, 0.1) is 6.92 Å². The Morgan fingerprint density at radius 2 is 2.00 bits per heavy atom. The zero-order valence-electron chi connectivity index (χ0n) is 11.7. The molecule has 1 aromatic heterocycles. The molecule has 0 spiro atoms. The van der Waals surface area contributed by atoms with E-state index in [1.165, 1.54) is 51.5 Å². The highest BCUT2D eigenvalue weighted by molar-refractivity contribution is 9.10. The number of anilines is 2. The fourth-order valence-corrected chi connectivity index (χ4v) is 4.19. The molecule has 1 aromatic carbocycles. The smallest absolute Gasteiger partial charge is 0.0602 e. The van der Waals surface area contributed by atoms with E-state index in [-0.39, 0.29) is 0 Å². The molecular formula is C16H19BrN2S. The van der Waals surface area contributed by atoms with Crippen molar-refractivity contribution in [2.75, 3.05) is 23.3 Å². The Bertz CT molecular complexity index is 568. The van der Waals surface area contributed by atoms with Crippen LogP contribution in [0.4, 0.5) is 11.4 Å². The SMILES string of the molecule is Cc1sc(CNc2ccccc2N2CCCC2)cc1Br. The summed E-state index contributed by atoms with van der Waals surface area (Å²) in [6, 6.07) is 10.9. The highest BCUT2D eigenvalue weighted by atomic mass is 79.9. The maximum absolute atomic E-state index is 3.59. The van der Waals surface area contributed by atoms with Crippen molar-refractivity contribution in [2.24, 2.45) is 0 Å². The average molecular weight is 351 g/mol. The summed E-state index contributed by atoms with van der Waals surface area (Å²) in [7, 11) is 0. The van der Waals surface area contributed by atoms with Gasteiger partial charge in [-0.25, -0.2) is 0 Å². The summed E-state index contributed by atoms with van der Waals surface area (Å²) >= 11 is 5.43. The number of para-hydroxylation sites is 2. The molecule has 106 valence electrons. The van der Waals surface area contributed by atoms with Crippen molar-refractivity contribution >= 4 is 38.6 Å². The molecule has 20 heavy (non-hydrogen) atoms. The number of thiophene rings is 1. The van der Waals surface area contributed by atoms with Crippen LogP contribution in [0.2, 0.25) is 0 Å². The molecular weight excluding hydrogens is 332 g/mol. The number of hydrogen-bond acceptors (Lipinski definition) is 3. The summed E-state index contributed by atoms with van der Waals surface area (Å²) < 4.78 is 1.21. The first kappa shape index (κ1) is 14.0. The van der Waals surface area contributed by atoms with Crippen LogP contribution in [-0.4, -0.2) is 13.1 Å². The number of benzene rings is 1. The lowest BCUT2D eigenvalue weighted by atomic mass is 10.2. The number of rotatable bonds is 4. The fourth-order valence-electron chi connectivity index (χ4n) is 2.64. The second-order valence-electron chi connectivity index (χ2n) is 5.18. The number of nitrogens with zero attached hydrogens (tertiary/aromatic N) is 1. The molecule has 0 radical (unpaired) electrons. The predicted octanol–water partition coefficient (Wildman–Crippen LogP) is 5.03. The largest absolute Gasteiger partial charge is 0.378 e. The minimum absolute atomic E-state index is 0.891. The third-order valence-electron chi connectivity index (χ3n) is 3.71. The van der Waals surface area contributed by atoms with Gasteiger partial charge in [-0.05, 0) is 53.9 Å². The van der Waals surface area contributed by atoms with Gasteiger partial charge in [0, 0.05) is 33.9 Å². The van der Waals surface area contributed by atoms with Gasteiger partial charge in [-0.1, -0.05) is 12.1 Å². The van der Waals surface area contributed by atoms with Crippen molar-refractivity contribution in [1.29, 1.82) is 0 Å². The topological polar surface area (TPSA) is 15.3 Å². The first-order valence-electron chi connectivity index (χ1n) is 7.07. The van der Waals surface area contributed by atoms with Crippen molar-refractivity contribution in [2.45, 2.75) is 26.3 Å². The van der Waals surface area contributed by atoms with Crippen LogP contribution >= 0.6 is 27.3 Å². The summed E-state index contributed by atoms with van der Waals surface area (Å²) in [6.07, 6.45) is 2.62. The zero-order valence-corrected chi connectivity index (χ0v) is 14.1. The van der Waals surface area contributed by atoms with E-state index in [0.29, 0.717) is 0 Å². The molecule has 1 aliphatic rings. The quantitative estimate of drug-likeness (QED) is 0.831. The molecule has 1 saturated heterocycles. The van der Waals surface area contributed by atoms with Crippen molar-refractivity contribution < 1.29 is 0 Å². The van der Waals surface area contributed by atoms with E-state index in [1.54, 1.807) is 0 Å². The molecule has 1 N–H and O–H groups in total. The van der Waals surface area contributed by atoms with E-state index in [4.69, 9.17) is 0 Å². The maximum Gasteiger partial charge on any atom is 0.0602 e. The lowest BCUT2D eigenvalue weighted by Crippen LogP contribution is -2.19. The minimum atomic E-state index is 0.891. The molecule has 0 atom stereocenters. The highest BCUT2D eigenvalue weighted by Crippen LogP contribution is 2.31. The highest BCUT2D eigenvalue weighted by Gasteiger charge is 2.15. The van der Waals surface area contributed by atoms with Crippen LogP contribution in [0.5, 0.6) is 0 Å². The third kappa shape index (κ3) is 3.01. The number of hydrogen-bond donors (Lipinski definition) is 1. The van der Waals surface area contributed by atoms with Gasteiger partial charge in [0.25, 0.3) is 0 Å². The van der Waals surface area contributed by atoms with Gasteiger partial charge in [0.1, 0.15) is 0 Å². The van der Waals surface area contributed by atoms with Crippen LogP contribution in [0.1, 0.15) is 22.6 Å². The Kier molecular flexibility index (Phi) is 4.32. The molecule has 0 amide bonds.